The third kappa shape index (κ3) is 3.40. The quantitative estimate of drug-likeness (QED) is 0.476. The SMILES string of the molecule is FC(F)(F)c1nc(C(F)(F)F)c2nc(-c3c(Cl)cc(Cl)cc3Cl)[nH]c2n1. The van der Waals surface area contributed by atoms with Crippen LogP contribution in [0.4, 0.5) is 26.3 Å². The Labute approximate surface area is 155 Å². The first-order valence-corrected chi connectivity index (χ1v) is 7.58. The Bertz CT molecular complexity index is 989. The second-order valence-corrected chi connectivity index (χ2v) is 6.17. The van der Waals surface area contributed by atoms with Gasteiger partial charge in [-0.15, -0.1) is 0 Å². The van der Waals surface area contributed by atoms with Gasteiger partial charge in [-0.05, 0) is 12.1 Å². The Balaban J connectivity index is 2.33. The van der Waals surface area contributed by atoms with Crippen molar-refractivity contribution in [2.24, 2.45) is 0 Å². The van der Waals surface area contributed by atoms with Gasteiger partial charge in [-0.25, -0.2) is 15.0 Å². The van der Waals surface area contributed by atoms with E-state index in [9.17, 15) is 26.3 Å². The number of aromatic nitrogens is 4. The highest BCUT2D eigenvalue weighted by molar-refractivity contribution is 6.41. The Kier molecular flexibility index (Phi) is 4.48. The van der Waals surface area contributed by atoms with Crippen molar-refractivity contribution in [1.29, 1.82) is 0 Å². The zero-order chi connectivity index (χ0) is 19.4. The van der Waals surface area contributed by atoms with Gasteiger partial charge in [-0.2, -0.15) is 26.3 Å². The Morgan fingerprint density at radius 1 is 0.808 bits per heavy atom. The van der Waals surface area contributed by atoms with Crippen LogP contribution in [0, 0.1) is 0 Å². The van der Waals surface area contributed by atoms with Gasteiger partial charge >= 0.3 is 12.4 Å². The Hall–Kier alpha value is -1.78. The number of nitrogens with zero attached hydrogens (tertiary/aromatic N) is 3. The van der Waals surface area contributed by atoms with Crippen LogP contribution in [0.1, 0.15) is 11.5 Å². The summed E-state index contributed by atoms with van der Waals surface area (Å²) < 4.78 is 77.8. The molecule has 13 heteroatoms. The van der Waals surface area contributed by atoms with Gasteiger partial charge in [-0.3, -0.25) is 0 Å². The van der Waals surface area contributed by atoms with Crippen LogP contribution in [0.15, 0.2) is 12.1 Å². The fourth-order valence-electron chi connectivity index (χ4n) is 2.11. The molecule has 1 aromatic carbocycles. The fourth-order valence-corrected chi connectivity index (χ4v) is 3.11. The number of benzene rings is 1. The Morgan fingerprint density at radius 2 is 1.38 bits per heavy atom. The summed E-state index contributed by atoms with van der Waals surface area (Å²) in [5, 5.41) is 0.00762. The molecule has 0 unspecified atom stereocenters. The van der Waals surface area contributed by atoms with Crippen molar-refractivity contribution in [1.82, 2.24) is 19.9 Å². The molecule has 0 spiro atoms. The summed E-state index contributed by atoms with van der Waals surface area (Å²) in [7, 11) is 0. The van der Waals surface area contributed by atoms with E-state index >= 15 is 0 Å². The standard InChI is InChI=1S/C13H3Cl3F6N4/c14-3-1-4(15)6(5(16)2-3)9-23-7-8(12(17,18)19)24-11(13(20,21)22)26-10(7)25-9/h1-2H,(H,23,24,25,26). The van der Waals surface area contributed by atoms with Crippen molar-refractivity contribution in [3.63, 3.8) is 0 Å². The lowest BCUT2D eigenvalue weighted by molar-refractivity contribution is -0.151. The molecule has 0 atom stereocenters. The van der Waals surface area contributed by atoms with Gasteiger partial charge in [0.05, 0.1) is 15.6 Å². The van der Waals surface area contributed by atoms with E-state index in [-0.39, 0.29) is 26.5 Å². The van der Waals surface area contributed by atoms with Gasteiger partial charge in [0.25, 0.3) is 0 Å². The van der Waals surface area contributed by atoms with Gasteiger partial charge in [0.2, 0.25) is 5.82 Å². The number of hydrogen-bond donors (Lipinski definition) is 1. The third-order valence-corrected chi connectivity index (χ3v) is 3.92. The van der Waals surface area contributed by atoms with Crippen LogP contribution in [0.3, 0.4) is 0 Å². The van der Waals surface area contributed by atoms with E-state index in [2.05, 4.69) is 19.9 Å². The van der Waals surface area contributed by atoms with Crippen molar-refractivity contribution < 1.29 is 26.3 Å². The second kappa shape index (κ2) is 6.14. The molecule has 26 heavy (non-hydrogen) atoms. The monoisotopic (exact) mass is 434 g/mol. The summed E-state index contributed by atoms with van der Waals surface area (Å²) in [4.78, 5) is 11.6. The summed E-state index contributed by atoms with van der Waals surface area (Å²) in [6, 6.07) is 2.49. The van der Waals surface area contributed by atoms with Crippen LogP contribution in [-0.2, 0) is 12.4 Å². The van der Waals surface area contributed by atoms with Crippen LogP contribution < -0.4 is 0 Å². The highest BCUT2D eigenvalue weighted by atomic mass is 35.5. The average Bonchev–Trinajstić information content (AvgIpc) is 2.85. The van der Waals surface area contributed by atoms with Crippen LogP contribution in [0.25, 0.3) is 22.6 Å². The van der Waals surface area contributed by atoms with Gasteiger partial charge in [0.1, 0.15) is 11.3 Å². The lowest BCUT2D eigenvalue weighted by Crippen LogP contribution is -2.17. The van der Waals surface area contributed by atoms with E-state index in [0.717, 1.165) is 0 Å². The minimum atomic E-state index is -5.19. The molecule has 4 nitrogen and oxygen atoms in total. The number of aromatic amines is 1. The Morgan fingerprint density at radius 3 is 1.88 bits per heavy atom. The topological polar surface area (TPSA) is 54.5 Å². The molecular weight excluding hydrogens is 433 g/mol. The first kappa shape index (κ1) is 19.0. The molecule has 3 aromatic rings. The molecule has 0 bridgehead atoms. The van der Waals surface area contributed by atoms with Crippen LogP contribution in [-0.4, -0.2) is 19.9 Å². The van der Waals surface area contributed by atoms with Crippen LogP contribution >= 0.6 is 34.8 Å². The molecule has 2 aromatic heterocycles. The molecule has 138 valence electrons. The molecule has 0 saturated heterocycles. The van der Waals surface area contributed by atoms with Crippen LogP contribution in [0.2, 0.25) is 15.1 Å². The first-order chi connectivity index (χ1) is 11.9. The zero-order valence-corrected chi connectivity index (χ0v) is 14.2. The summed E-state index contributed by atoms with van der Waals surface area (Å²) in [6.45, 7) is 0. The summed E-state index contributed by atoms with van der Waals surface area (Å²) in [6.07, 6.45) is -10.4. The van der Waals surface area contributed by atoms with Gasteiger partial charge in [0.15, 0.2) is 11.3 Å². The van der Waals surface area contributed by atoms with Crippen molar-refractivity contribution in [3.8, 4) is 11.4 Å². The molecule has 3 rings (SSSR count). The summed E-state index contributed by atoms with van der Waals surface area (Å²) in [5.41, 5.74) is -3.55. The van der Waals surface area contributed by atoms with E-state index in [1.54, 1.807) is 0 Å². The normalized spacial score (nSPS) is 12.8. The number of halogens is 9. The molecule has 0 aliphatic rings. The minimum absolute atomic E-state index is 0.0441. The van der Waals surface area contributed by atoms with Gasteiger partial charge in [-0.1, -0.05) is 34.8 Å². The molecular formula is C13H3Cl3F6N4. The van der Waals surface area contributed by atoms with Gasteiger partial charge < -0.3 is 4.98 Å². The molecule has 1 N–H and O–H groups in total. The lowest BCUT2D eigenvalue weighted by atomic mass is 10.2. The van der Waals surface area contributed by atoms with Crippen molar-refractivity contribution in [2.75, 3.05) is 0 Å². The maximum absolute atomic E-state index is 13.1. The van der Waals surface area contributed by atoms with E-state index in [4.69, 9.17) is 34.8 Å². The van der Waals surface area contributed by atoms with E-state index in [1.165, 1.54) is 12.1 Å². The third-order valence-electron chi connectivity index (χ3n) is 3.11. The zero-order valence-electron chi connectivity index (χ0n) is 11.9. The number of fused-ring (bicyclic) bond motifs is 1. The molecule has 0 radical (unpaired) electrons. The largest absolute Gasteiger partial charge is 0.451 e. The van der Waals surface area contributed by atoms with E-state index in [0.29, 0.717) is 0 Å². The minimum Gasteiger partial charge on any atom is -0.322 e. The molecule has 0 amide bonds. The smallest absolute Gasteiger partial charge is 0.322 e. The number of rotatable bonds is 1. The molecule has 0 aliphatic heterocycles. The van der Waals surface area contributed by atoms with E-state index in [1.807, 2.05) is 0 Å². The summed E-state index contributed by atoms with van der Waals surface area (Å²) in [5.74, 6) is -2.27. The number of H-pyrrole nitrogens is 1. The predicted molar refractivity (Wildman–Crippen MR) is 82.2 cm³/mol. The van der Waals surface area contributed by atoms with Crippen molar-refractivity contribution >= 4 is 46.0 Å². The number of nitrogens with one attached hydrogen (secondary N) is 1. The average molecular weight is 436 g/mol. The maximum atomic E-state index is 13.1. The number of hydrogen-bond acceptors (Lipinski definition) is 3. The molecule has 0 saturated carbocycles. The fraction of sp³-hybridized carbons (Fsp3) is 0.154. The first-order valence-electron chi connectivity index (χ1n) is 6.45. The molecule has 0 fully saturated rings. The lowest BCUT2D eigenvalue weighted by Gasteiger charge is -2.09. The highest BCUT2D eigenvalue weighted by Gasteiger charge is 2.42. The van der Waals surface area contributed by atoms with Crippen LogP contribution in [0.5, 0.6) is 0 Å². The van der Waals surface area contributed by atoms with Crippen molar-refractivity contribution in [2.45, 2.75) is 12.4 Å². The number of alkyl halides is 6. The van der Waals surface area contributed by atoms with Gasteiger partial charge in [0, 0.05) is 5.02 Å². The molecule has 0 aliphatic carbocycles. The van der Waals surface area contributed by atoms with E-state index < -0.39 is 35.0 Å². The number of imidazole rings is 1. The molecule has 2 heterocycles. The maximum Gasteiger partial charge on any atom is 0.451 e. The second-order valence-electron chi connectivity index (χ2n) is 4.92. The predicted octanol–water partition coefficient (Wildman–Crippen LogP) is 6.02. The highest BCUT2D eigenvalue weighted by Crippen LogP contribution is 2.39. The summed E-state index contributed by atoms with van der Waals surface area (Å²) >= 11 is 17.7. The van der Waals surface area contributed by atoms with Crippen molar-refractivity contribution in [3.05, 3.63) is 38.7 Å².